The van der Waals surface area contributed by atoms with Crippen molar-refractivity contribution in [3.05, 3.63) is 69.2 Å². The van der Waals surface area contributed by atoms with E-state index in [1.807, 2.05) is 0 Å². The lowest BCUT2D eigenvalue weighted by molar-refractivity contribution is 0.539. The fraction of sp³-hybridized carbons (Fsp3) is 0.200. The van der Waals surface area contributed by atoms with E-state index in [1.165, 1.54) is 31.2 Å². The molecule has 0 fully saturated rings. The Morgan fingerprint density at radius 1 is 1.09 bits per heavy atom. The summed E-state index contributed by atoms with van der Waals surface area (Å²) in [6.07, 6.45) is 0. The normalized spacial score (nSPS) is 13.1. The zero-order valence-electron chi connectivity index (χ0n) is 12.0. The van der Waals surface area contributed by atoms with Crippen molar-refractivity contribution in [3.8, 4) is 0 Å². The van der Waals surface area contributed by atoms with E-state index >= 15 is 0 Å². The maximum absolute atomic E-state index is 13.7. The quantitative estimate of drug-likeness (QED) is 0.833. The minimum absolute atomic E-state index is 0.0594. The molecule has 0 spiro atoms. The summed E-state index contributed by atoms with van der Waals surface area (Å²) >= 11 is 11.6. The Kier molecular flexibility index (Phi) is 5.62. The van der Waals surface area contributed by atoms with Gasteiger partial charge in [-0.1, -0.05) is 35.3 Å². The fourth-order valence-electron chi connectivity index (χ4n) is 2.08. The average molecular weight is 380 g/mol. The Labute approximate surface area is 143 Å². The van der Waals surface area contributed by atoms with E-state index in [-0.39, 0.29) is 16.3 Å². The Bertz CT molecular complexity index is 828. The van der Waals surface area contributed by atoms with Gasteiger partial charge < -0.3 is 0 Å². The molecule has 0 aliphatic rings. The second-order valence-corrected chi connectivity index (χ2v) is 7.58. The van der Waals surface area contributed by atoms with Crippen molar-refractivity contribution in [1.29, 1.82) is 0 Å². The van der Waals surface area contributed by atoms with Gasteiger partial charge in [0.05, 0.1) is 15.8 Å². The van der Waals surface area contributed by atoms with Gasteiger partial charge in [0.15, 0.2) is 0 Å². The third-order valence-electron chi connectivity index (χ3n) is 3.13. The summed E-state index contributed by atoms with van der Waals surface area (Å²) in [5, 5.41) is 0.569. The molecule has 1 N–H and O–H groups in total. The van der Waals surface area contributed by atoms with Crippen LogP contribution in [0.3, 0.4) is 0 Å². The summed E-state index contributed by atoms with van der Waals surface area (Å²) in [7, 11) is -3.75. The molecule has 0 saturated carbocycles. The fourth-order valence-corrected chi connectivity index (χ4v) is 3.76. The van der Waals surface area contributed by atoms with Gasteiger partial charge in [0.25, 0.3) is 0 Å². The Morgan fingerprint density at radius 3 is 2.39 bits per heavy atom. The highest BCUT2D eigenvalue weighted by molar-refractivity contribution is 7.88. The van der Waals surface area contributed by atoms with E-state index in [2.05, 4.69) is 4.72 Å². The third-order valence-corrected chi connectivity index (χ3v) is 5.29. The molecule has 124 valence electrons. The largest absolute Gasteiger partial charge is 0.216 e. The number of rotatable bonds is 5. The minimum atomic E-state index is -3.75. The lowest BCUT2D eigenvalue weighted by Gasteiger charge is -2.15. The predicted molar refractivity (Wildman–Crippen MR) is 87.0 cm³/mol. The van der Waals surface area contributed by atoms with Gasteiger partial charge in [-0.3, -0.25) is 0 Å². The molecular formula is C15H13Cl2F2NO2S. The van der Waals surface area contributed by atoms with Crippen molar-refractivity contribution in [2.45, 2.75) is 18.7 Å². The molecule has 1 atom stereocenters. The minimum Gasteiger partial charge on any atom is -0.212 e. The molecule has 0 amide bonds. The molecule has 1 unspecified atom stereocenters. The van der Waals surface area contributed by atoms with Crippen molar-refractivity contribution >= 4 is 33.2 Å². The highest BCUT2D eigenvalue weighted by Crippen LogP contribution is 2.24. The Hall–Kier alpha value is -1.21. The molecular weight excluding hydrogens is 367 g/mol. The van der Waals surface area contributed by atoms with E-state index in [1.54, 1.807) is 0 Å². The molecule has 0 saturated heterocycles. The van der Waals surface area contributed by atoms with Gasteiger partial charge in [0.2, 0.25) is 10.0 Å². The first-order valence-corrected chi connectivity index (χ1v) is 8.97. The molecule has 0 aromatic heterocycles. The van der Waals surface area contributed by atoms with E-state index in [0.29, 0.717) is 16.7 Å². The van der Waals surface area contributed by atoms with Crippen LogP contribution in [0.1, 0.15) is 24.1 Å². The first-order chi connectivity index (χ1) is 10.7. The number of hydrogen-bond donors (Lipinski definition) is 1. The van der Waals surface area contributed by atoms with Crippen molar-refractivity contribution in [2.75, 3.05) is 0 Å². The molecule has 0 radical (unpaired) electrons. The summed E-state index contributed by atoms with van der Waals surface area (Å²) in [6, 6.07) is 6.63. The van der Waals surface area contributed by atoms with Gasteiger partial charge >= 0.3 is 0 Å². The zero-order valence-corrected chi connectivity index (χ0v) is 14.3. The summed E-state index contributed by atoms with van der Waals surface area (Å²) in [4.78, 5) is 0. The van der Waals surface area contributed by atoms with Crippen LogP contribution >= 0.6 is 23.2 Å². The second-order valence-electron chi connectivity index (χ2n) is 5.01. The van der Waals surface area contributed by atoms with Gasteiger partial charge in [0.1, 0.15) is 11.6 Å². The summed E-state index contributed by atoms with van der Waals surface area (Å²) < 4.78 is 53.3. The number of halogens is 4. The highest BCUT2D eigenvalue weighted by Gasteiger charge is 2.19. The van der Waals surface area contributed by atoms with Crippen LogP contribution in [0.2, 0.25) is 10.0 Å². The van der Waals surface area contributed by atoms with Crippen LogP contribution in [0.5, 0.6) is 0 Å². The molecule has 2 aromatic rings. The highest BCUT2D eigenvalue weighted by atomic mass is 35.5. The molecule has 3 nitrogen and oxygen atoms in total. The smallest absolute Gasteiger partial charge is 0.212 e. The number of benzene rings is 2. The average Bonchev–Trinajstić information content (AvgIpc) is 2.41. The van der Waals surface area contributed by atoms with Crippen LogP contribution in [0.4, 0.5) is 8.78 Å². The van der Waals surface area contributed by atoms with Gasteiger partial charge in [0, 0.05) is 17.7 Å². The Balaban J connectivity index is 2.15. The SMILES string of the molecule is CC(NS(=O)(=O)Cc1ccc(Cl)c(Cl)c1)c1ccc(F)cc1F. The van der Waals surface area contributed by atoms with Crippen molar-refractivity contribution in [2.24, 2.45) is 0 Å². The van der Waals surface area contributed by atoms with Gasteiger partial charge in [-0.15, -0.1) is 0 Å². The summed E-state index contributed by atoms with van der Waals surface area (Å²) in [6.45, 7) is 1.47. The van der Waals surface area contributed by atoms with Crippen LogP contribution in [-0.2, 0) is 15.8 Å². The van der Waals surface area contributed by atoms with Crippen LogP contribution in [0.25, 0.3) is 0 Å². The second kappa shape index (κ2) is 7.13. The lowest BCUT2D eigenvalue weighted by Crippen LogP contribution is -2.28. The number of sulfonamides is 1. The standard InChI is InChI=1S/C15H13Cl2F2NO2S/c1-9(12-4-3-11(18)7-15(12)19)20-23(21,22)8-10-2-5-13(16)14(17)6-10/h2-7,9,20H,8H2,1H3. The van der Waals surface area contributed by atoms with E-state index < -0.39 is 27.7 Å². The van der Waals surface area contributed by atoms with Gasteiger partial charge in [-0.05, 0) is 30.7 Å². The zero-order chi connectivity index (χ0) is 17.2. The maximum Gasteiger partial charge on any atom is 0.216 e. The van der Waals surface area contributed by atoms with Crippen molar-refractivity contribution in [1.82, 2.24) is 4.72 Å². The van der Waals surface area contributed by atoms with Gasteiger partial charge in [-0.25, -0.2) is 21.9 Å². The van der Waals surface area contributed by atoms with Crippen LogP contribution < -0.4 is 4.72 Å². The molecule has 2 rings (SSSR count). The first kappa shape index (κ1) is 18.1. The van der Waals surface area contributed by atoms with E-state index in [4.69, 9.17) is 23.2 Å². The topological polar surface area (TPSA) is 46.2 Å². The molecule has 0 bridgehead atoms. The third kappa shape index (κ3) is 4.88. The first-order valence-electron chi connectivity index (χ1n) is 6.57. The molecule has 23 heavy (non-hydrogen) atoms. The van der Waals surface area contributed by atoms with E-state index in [0.717, 1.165) is 6.07 Å². The summed E-state index contributed by atoms with van der Waals surface area (Å²) in [5.74, 6) is -1.87. The monoisotopic (exact) mass is 379 g/mol. The molecule has 0 aliphatic carbocycles. The molecule has 2 aromatic carbocycles. The molecule has 8 heteroatoms. The predicted octanol–water partition coefficient (Wildman–Crippen LogP) is 4.45. The molecule has 0 heterocycles. The Morgan fingerprint density at radius 2 is 1.78 bits per heavy atom. The number of nitrogens with one attached hydrogen (secondary N) is 1. The lowest BCUT2D eigenvalue weighted by atomic mass is 10.1. The van der Waals surface area contributed by atoms with E-state index in [9.17, 15) is 17.2 Å². The number of hydrogen-bond acceptors (Lipinski definition) is 2. The van der Waals surface area contributed by atoms with Gasteiger partial charge in [-0.2, -0.15) is 0 Å². The van der Waals surface area contributed by atoms with Crippen molar-refractivity contribution < 1.29 is 17.2 Å². The van der Waals surface area contributed by atoms with Crippen LogP contribution in [0, 0.1) is 11.6 Å². The van der Waals surface area contributed by atoms with Crippen LogP contribution in [-0.4, -0.2) is 8.42 Å². The maximum atomic E-state index is 13.7. The molecule has 0 aliphatic heterocycles. The van der Waals surface area contributed by atoms with Crippen molar-refractivity contribution in [3.63, 3.8) is 0 Å². The van der Waals surface area contributed by atoms with Crippen LogP contribution in [0.15, 0.2) is 36.4 Å². The summed E-state index contributed by atoms with van der Waals surface area (Å²) in [5.41, 5.74) is 0.503.